The summed E-state index contributed by atoms with van der Waals surface area (Å²) in [4.78, 5) is 31.6. The fourth-order valence-corrected chi connectivity index (χ4v) is 4.37. The van der Waals surface area contributed by atoms with Crippen molar-refractivity contribution in [1.29, 1.82) is 0 Å². The van der Waals surface area contributed by atoms with E-state index >= 15 is 0 Å². The number of para-hydroxylation sites is 1. The standard InChI is InChI=1S/C32H24N6O/c1-21-13-14-24(35-32-34-17-15-27(38-32)23-10-7-16-33-20-23)18-29(21)37-31(39)26-19-30(22-8-3-2-4-9-22)36-28-12-6-5-11-25(26)28/h2-20H,1H3,(H,37,39)(H,34,35,38). The highest BCUT2D eigenvalue weighted by Gasteiger charge is 2.15. The third kappa shape index (κ3) is 5.19. The second-order valence-corrected chi connectivity index (χ2v) is 9.05. The van der Waals surface area contributed by atoms with Crippen molar-refractivity contribution >= 4 is 34.1 Å². The Hall–Kier alpha value is -5.43. The number of aryl methyl sites for hydroxylation is 1. The third-order valence-corrected chi connectivity index (χ3v) is 6.39. The first-order valence-electron chi connectivity index (χ1n) is 12.5. The molecular formula is C32H24N6O. The Labute approximate surface area is 225 Å². The summed E-state index contributed by atoms with van der Waals surface area (Å²) in [5.74, 6) is 0.242. The van der Waals surface area contributed by atoms with E-state index in [0.717, 1.165) is 44.7 Å². The molecule has 7 nitrogen and oxygen atoms in total. The monoisotopic (exact) mass is 508 g/mol. The van der Waals surface area contributed by atoms with E-state index in [1.165, 1.54) is 0 Å². The molecule has 0 spiro atoms. The molecule has 6 aromatic rings. The molecule has 39 heavy (non-hydrogen) atoms. The van der Waals surface area contributed by atoms with Crippen LogP contribution in [0.2, 0.25) is 0 Å². The molecule has 7 heteroatoms. The molecule has 188 valence electrons. The van der Waals surface area contributed by atoms with E-state index in [1.807, 2.05) is 104 Å². The van der Waals surface area contributed by atoms with Crippen LogP contribution in [0, 0.1) is 6.92 Å². The van der Waals surface area contributed by atoms with Crippen molar-refractivity contribution in [3.05, 3.63) is 127 Å². The Balaban J connectivity index is 1.29. The lowest BCUT2D eigenvalue weighted by atomic mass is 10.0. The Morgan fingerprint density at radius 2 is 1.56 bits per heavy atom. The molecule has 0 fully saturated rings. The second-order valence-electron chi connectivity index (χ2n) is 9.05. The molecule has 2 N–H and O–H groups in total. The fraction of sp³-hybridized carbons (Fsp3) is 0.0312. The molecule has 6 rings (SSSR count). The lowest BCUT2D eigenvalue weighted by Gasteiger charge is -2.14. The number of benzene rings is 3. The number of aromatic nitrogens is 4. The maximum Gasteiger partial charge on any atom is 0.256 e. The van der Waals surface area contributed by atoms with E-state index in [1.54, 1.807) is 18.6 Å². The van der Waals surface area contributed by atoms with Crippen LogP contribution in [0.15, 0.2) is 116 Å². The number of rotatable bonds is 6. The van der Waals surface area contributed by atoms with Crippen LogP contribution in [0.1, 0.15) is 15.9 Å². The molecule has 0 saturated carbocycles. The van der Waals surface area contributed by atoms with Gasteiger partial charge in [0.05, 0.1) is 22.5 Å². The predicted octanol–water partition coefficient (Wildman–Crippen LogP) is 7.06. The molecule has 3 aromatic heterocycles. The minimum Gasteiger partial charge on any atom is -0.324 e. The van der Waals surface area contributed by atoms with E-state index in [0.29, 0.717) is 17.2 Å². The molecule has 0 aliphatic heterocycles. The minimum absolute atomic E-state index is 0.208. The summed E-state index contributed by atoms with van der Waals surface area (Å²) in [5, 5.41) is 7.15. The number of fused-ring (bicyclic) bond motifs is 1. The number of carbonyl (C=O) groups excluding carboxylic acids is 1. The van der Waals surface area contributed by atoms with Crippen molar-refractivity contribution in [2.45, 2.75) is 6.92 Å². The molecule has 0 aliphatic rings. The van der Waals surface area contributed by atoms with Crippen LogP contribution in [0.5, 0.6) is 0 Å². The average molecular weight is 509 g/mol. The summed E-state index contributed by atoms with van der Waals surface area (Å²) < 4.78 is 0. The average Bonchev–Trinajstić information content (AvgIpc) is 2.99. The van der Waals surface area contributed by atoms with Crippen molar-refractivity contribution < 1.29 is 4.79 Å². The first-order chi connectivity index (χ1) is 19.1. The van der Waals surface area contributed by atoms with Crippen LogP contribution in [-0.2, 0) is 0 Å². The Morgan fingerprint density at radius 3 is 2.41 bits per heavy atom. The Kier molecular flexibility index (Phi) is 6.45. The summed E-state index contributed by atoms with van der Waals surface area (Å²) in [7, 11) is 0. The van der Waals surface area contributed by atoms with Crippen LogP contribution in [0.3, 0.4) is 0 Å². The van der Waals surface area contributed by atoms with Gasteiger partial charge in [0.1, 0.15) is 0 Å². The predicted molar refractivity (Wildman–Crippen MR) is 155 cm³/mol. The van der Waals surface area contributed by atoms with Gasteiger partial charge in [0.2, 0.25) is 5.95 Å². The lowest BCUT2D eigenvalue weighted by molar-refractivity contribution is 0.102. The van der Waals surface area contributed by atoms with Gasteiger partial charge in [-0.2, -0.15) is 0 Å². The quantitative estimate of drug-likeness (QED) is 0.250. The number of nitrogens with zero attached hydrogens (tertiary/aromatic N) is 4. The number of nitrogens with one attached hydrogen (secondary N) is 2. The highest BCUT2D eigenvalue weighted by Crippen LogP contribution is 2.28. The topological polar surface area (TPSA) is 92.7 Å². The van der Waals surface area contributed by atoms with Crippen LogP contribution >= 0.6 is 0 Å². The zero-order valence-electron chi connectivity index (χ0n) is 21.2. The van der Waals surface area contributed by atoms with Crippen molar-refractivity contribution in [1.82, 2.24) is 19.9 Å². The highest BCUT2D eigenvalue weighted by atomic mass is 16.1. The molecule has 0 atom stereocenters. The summed E-state index contributed by atoms with van der Waals surface area (Å²) in [5.41, 5.74) is 7.07. The molecule has 3 aromatic carbocycles. The first kappa shape index (κ1) is 23.9. The zero-order valence-corrected chi connectivity index (χ0v) is 21.2. The van der Waals surface area contributed by atoms with Crippen molar-refractivity contribution in [3.63, 3.8) is 0 Å². The van der Waals surface area contributed by atoms with Gasteiger partial charge in [-0.1, -0.05) is 54.6 Å². The van der Waals surface area contributed by atoms with E-state index in [2.05, 4.69) is 25.6 Å². The fourth-order valence-electron chi connectivity index (χ4n) is 4.37. The molecule has 0 saturated heterocycles. The molecule has 0 bridgehead atoms. The summed E-state index contributed by atoms with van der Waals surface area (Å²) in [6, 6.07) is 30.8. The van der Waals surface area contributed by atoms with Gasteiger partial charge in [-0.3, -0.25) is 9.78 Å². The number of hydrogen-bond acceptors (Lipinski definition) is 6. The van der Waals surface area contributed by atoms with Gasteiger partial charge in [-0.25, -0.2) is 15.0 Å². The van der Waals surface area contributed by atoms with E-state index < -0.39 is 0 Å². The molecular weight excluding hydrogens is 484 g/mol. The highest BCUT2D eigenvalue weighted by molar-refractivity contribution is 6.13. The van der Waals surface area contributed by atoms with Crippen LogP contribution in [0.4, 0.5) is 17.3 Å². The van der Waals surface area contributed by atoms with Gasteiger partial charge in [0, 0.05) is 46.5 Å². The third-order valence-electron chi connectivity index (χ3n) is 6.39. The van der Waals surface area contributed by atoms with Gasteiger partial charge in [0.15, 0.2) is 0 Å². The van der Waals surface area contributed by atoms with Crippen LogP contribution in [-0.4, -0.2) is 25.8 Å². The molecule has 0 radical (unpaired) electrons. The van der Waals surface area contributed by atoms with Gasteiger partial charge in [-0.05, 0) is 55.0 Å². The number of anilines is 3. The molecule has 0 aliphatic carbocycles. The summed E-state index contributed by atoms with van der Waals surface area (Å²) in [6.45, 7) is 1.96. The number of amides is 1. The van der Waals surface area contributed by atoms with Crippen molar-refractivity contribution in [3.8, 4) is 22.5 Å². The largest absolute Gasteiger partial charge is 0.324 e. The summed E-state index contributed by atoms with van der Waals surface area (Å²) in [6.07, 6.45) is 5.19. The normalized spacial score (nSPS) is 10.8. The van der Waals surface area contributed by atoms with Gasteiger partial charge < -0.3 is 10.6 Å². The maximum atomic E-state index is 13.6. The SMILES string of the molecule is Cc1ccc(Nc2nccc(-c3cccnc3)n2)cc1NC(=O)c1cc(-c2ccccc2)nc2ccccc12. The lowest BCUT2D eigenvalue weighted by Crippen LogP contribution is -2.14. The molecule has 3 heterocycles. The van der Waals surface area contributed by atoms with Gasteiger partial charge >= 0.3 is 0 Å². The van der Waals surface area contributed by atoms with E-state index in [9.17, 15) is 4.79 Å². The first-order valence-corrected chi connectivity index (χ1v) is 12.5. The smallest absolute Gasteiger partial charge is 0.256 e. The minimum atomic E-state index is -0.208. The van der Waals surface area contributed by atoms with Crippen molar-refractivity contribution in [2.75, 3.05) is 10.6 Å². The van der Waals surface area contributed by atoms with Crippen LogP contribution in [0.25, 0.3) is 33.4 Å². The van der Waals surface area contributed by atoms with E-state index in [4.69, 9.17) is 4.98 Å². The number of carbonyl (C=O) groups is 1. The number of pyridine rings is 2. The Morgan fingerprint density at radius 1 is 0.744 bits per heavy atom. The van der Waals surface area contributed by atoms with E-state index in [-0.39, 0.29) is 5.91 Å². The second kappa shape index (κ2) is 10.5. The summed E-state index contributed by atoms with van der Waals surface area (Å²) >= 11 is 0. The zero-order chi connectivity index (χ0) is 26.6. The maximum absolute atomic E-state index is 13.6. The molecule has 1 amide bonds. The molecule has 0 unspecified atom stereocenters. The van der Waals surface area contributed by atoms with Gasteiger partial charge in [-0.15, -0.1) is 0 Å². The van der Waals surface area contributed by atoms with Crippen molar-refractivity contribution in [2.24, 2.45) is 0 Å². The van der Waals surface area contributed by atoms with Crippen LogP contribution < -0.4 is 10.6 Å². The van der Waals surface area contributed by atoms with Gasteiger partial charge in [0.25, 0.3) is 5.91 Å². The number of hydrogen-bond donors (Lipinski definition) is 2. The Bertz CT molecular complexity index is 1790.